The lowest BCUT2D eigenvalue weighted by atomic mass is 10.0. The molecule has 0 spiro atoms. The zero-order valence-corrected chi connectivity index (χ0v) is 18.4. The van der Waals surface area contributed by atoms with Crippen LogP contribution >= 0.6 is 22.7 Å². The molecular weight excluding hydrogens is 433 g/mol. The smallest absolute Gasteiger partial charge is 0.262 e. The van der Waals surface area contributed by atoms with Gasteiger partial charge in [-0.1, -0.05) is 0 Å². The topological polar surface area (TPSA) is 56.7 Å². The van der Waals surface area contributed by atoms with Crippen molar-refractivity contribution >= 4 is 40.0 Å². The number of halogens is 1. The molecule has 8 heteroatoms. The molecule has 1 aliphatic heterocycles. The Balaban J connectivity index is 1.65. The Morgan fingerprint density at radius 2 is 1.87 bits per heavy atom. The van der Waals surface area contributed by atoms with Crippen molar-refractivity contribution in [3.8, 4) is 16.3 Å². The Hall–Kier alpha value is -3.23. The number of nitrogens with zero attached hydrogens (tertiary/aromatic N) is 3. The highest BCUT2D eigenvalue weighted by atomic mass is 32.1. The first-order valence-electron chi connectivity index (χ1n) is 9.59. The van der Waals surface area contributed by atoms with Gasteiger partial charge in [0.25, 0.3) is 5.91 Å². The van der Waals surface area contributed by atoms with Crippen LogP contribution in [0.2, 0.25) is 0 Å². The van der Waals surface area contributed by atoms with Crippen LogP contribution in [0.5, 0.6) is 5.75 Å². The first-order valence-corrected chi connectivity index (χ1v) is 11.3. The number of thiazole rings is 1. The molecule has 5 nitrogen and oxygen atoms in total. The highest BCUT2D eigenvalue weighted by Crippen LogP contribution is 2.44. The third kappa shape index (κ3) is 3.37. The minimum absolute atomic E-state index is 0.113. The summed E-state index contributed by atoms with van der Waals surface area (Å²) in [6.07, 6.45) is -0.423. The van der Waals surface area contributed by atoms with Crippen LogP contribution in [-0.2, 0) is 0 Å². The first kappa shape index (κ1) is 19.7. The van der Waals surface area contributed by atoms with E-state index in [-0.39, 0.29) is 11.7 Å². The van der Waals surface area contributed by atoms with Crippen LogP contribution in [0.15, 0.2) is 60.0 Å². The number of fused-ring (bicyclic) bond motifs is 1. The molecule has 1 unspecified atom stereocenters. The van der Waals surface area contributed by atoms with Crippen molar-refractivity contribution < 1.29 is 14.3 Å². The number of aryl methyl sites for hydroxylation is 1. The molecule has 0 radical (unpaired) electrons. The normalized spacial score (nSPS) is 16.0. The number of aromatic hydroxyl groups is 1. The number of rotatable bonds is 3. The number of benzene rings is 2. The summed E-state index contributed by atoms with van der Waals surface area (Å²) >= 11 is 3.17. The Morgan fingerprint density at radius 1 is 1.10 bits per heavy atom. The van der Waals surface area contributed by atoms with Crippen LogP contribution in [0, 0.1) is 12.7 Å². The van der Waals surface area contributed by atoms with Crippen molar-refractivity contribution in [3.63, 3.8) is 0 Å². The van der Waals surface area contributed by atoms with Gasteiger partial charge in [-0.2, -0.15) is 0 Å². The monoisotopic (exact) mass is 451 g/mol. The first-order chi connectivity index (χ1) is 14.9. The number of carbonyl (C=O) groups excluding carboxylic acids is 1. The van der Waals surface area contributed by atoms with E-state index in [1.807, 2.05) is 36.4 Å². The van der Waals surface area contributed by atoms with Gasteiger partial charge in [-0.3, -0.25) is 9.69 Å². The number of thiophene rings is 1. The van der Waals surface area contributed by atoms with Crippen LogP contribution in [0.3, 0.4) is 0 Å². The molecule has 2 aromatic carbocycles. The fourth-order valence-corrected chi connectivity index (χ4v) is 5.62. The van der Waals surface area contributed by atoms with E-state index in [1.165, 1.54) is 12.1 Å². The summed E-state index contributed by atoms with van der Waals surface area (Å²) in [6.45, 7) is 1.97. The number of aromatic nitrogens is 1. The molecule has 4 aromatic rings. The number of phenols is 1. The second-order valence-corrected chi connectivity index (χ2v) is 9.47. The maximum Gasteiger partial charge on any atom is 0.262 e. The van der Waals surface area contributed by atoms with Gasteiger partial charge >= 0.3 is 0 Å². The van der Waals surface area contributed by atoms with Crippen LogP contribution in [0.25, 0.3) is 10.6 Å². The SMILES string of the molecule is Cc1nc(-c2ccc(C3N(C)c4ccc(F)cc4C(=O)N3c3ccc(O)cc3)s2)cs1. The van der Waals surface area contributed by atoms with Crippen molar-refractivity contribution in [2.75, 3.05) is 16.8 Å². The summed E-state index contributed by atoms with van der Waals surface area (Å²) in [5.41, 5.74) is 2.51. The summed E-state index contributed by atoms with van der Waals surface area (Å²) in [6, 6.07) is 14.8. The van der Waals surface area contributed by atoms with Gasteiger partial charge in [0.2, 0.25) is 0 Å². The van der Waals surface area contributed by atoms with Gasteiger partial charge in [0.1, 0.15) is 17.7 Å². The third-order valence-corrected chi connectivity index (χ3v) is 7.20. The maximum absolute atomic E-state index is 14.0. The Morgan fingerprint density at radius 3 is 2.58 bits per heavy atom. The van der Waals surface area contributed by atoms with Gasteiger partial charge in [0.15, 0.2) is 0 Å². The summed E-state index contributed by atoms with van der Waals surface area (Å²) in [7, 11) is 1.90. The van der Waals surface area contributed by atoms with Gasteiger partial charge < -0.3 is 10.0 Å². The van der Waals surface area contributed by atoms with Crippen molar-refractivity contribution in [1.29, 1.82) is 0 Å². The van der Waals surface area contributed by atoms with Crippen molar-refractivity contribution in [1.82, 2.24) is 4.98 Å². The molecule has 0 aliphatic carbocycles. The minimum Gasteiger partial charge on any atom is -0.508 e. The molecule has 0 fully saturated rings. The highest BCUT2D eigenvalue weighted by molar-refractivity contribution is 7.16. The molecule has 156 valence electrons. The van der Waals surface area contributed by atoms with Crippen molar-refractivity contribution in [2.45, 2.75) is 13.1 Å². The lowest BCUT2D eigenvalue weighted by molar-refractivity contribution is 0.0969. The summed E-state index contributed by atoms with van der Waals surface area (Å²) in [5.74, 6) is -0.633. The number of hydrogen-bond donors (Lipinski definition) is 1. The molecule has 0 saturated carbocycles. The maximum atomic E-state index is 14.0. The Bertz CT molecular complexity index is 1280. The summed E-state index contributed by atoms with van der Waals surface area (Å²) in [4.78, 5) is 23.7. The molecule has 2 aromatic heterocycles. The number of anilines is 2. The number of amides is 1. The largest absolute Gasteiger partial charge is 0.508 e. The van der Waals surface area contributed by atoms with Crippen LogP contribution in [0.1, 0.15) is 26.4 Å². The number of carbonyl (C=O) groups is 1. The molecule has 0 bridgehead atoms. The predicted octanol–water partition coefficient (Wildman–Crippen LogP) is 5.82. The van der Waals surface area contributed by atoms with Gasteiger partial charge in [-0.25, -0.2) is 9.37 Å². The van der Waals surface area contributed by atoms with Gasteiger partial charge in [0, 0.05) is 23.0 Å². The van der Waals surface area contributed by atoms with Crippen LogP contribution < -0.4 is 9.80 Å². The molecule has 0 saturated heterocycles. The lowest BCUT2D eigenvalue weighted by Crippen LogP contribution is -2.48. The van der Waals surface area contributed by atoms with E-state index in [2.05, 4.69) is 4.98 Å². The second kappa shape index (κ2) is 7.47. The summed E-state index contributed by atoms with van der Waals surface area (Å²) in [5, 5.41) is 12.7. The van der Waals surface area contributed by atoms with Crippen molar-refractivity contribution in [3.05, 3.63) is 81.2 Å². The number of hydrogen-bond acceptors (Lipinski definition) is 6. The fraction of sp³-hybridized carbons (Fsp3) is 0.130. The van der Waals surface area contributed by atoms with E-state index in [4.69, 9.17) is 0 Å². The average molecular weight is 452 g/mol. The Kier molecular flexibility index (Phi) is 4.75. The zero-order chi connectivity index (χ0) is 21.7. The molecule has 1 aliphatic rings. The molecule has 5 rings (SSSR count). The van der Waals surface area contributed by atoms with Gasteiger partial charge in [-0.05, 0) is 61.5 Å². The quantitative estimate of drug-likeness (QED) is 0.426. The number of phenolic OH excluding ortho intramolecular Hbond substituents is 1. The molecular formula is C23H18FN3O2S2. The van der Waals surface area contributed by atoms with E-state index in [0.717, 1.165) is 20.5 Å². The van der Waals surface area contributed by atoms with E-state index >= 15 is 0 Å². The second-order valence-electron chi connectivity index (χ2n) is 7.29. The zero-order valence-electron chi connectivity index (χ0n) is 16.7. The van der Waals surface area contributed by atoms with E-state index in [1.54, 1.807) is 57.9 Å². The standard InChI is InChI=1S/C23H18FN3O2S2/c1-13-25-18(12-30-13)20-9-10-21(31-20)22-26(2)19-8-3-14(24)11-17(19)23(29)27(22)15-4-6-16(28)7-5-15/h3-12,22,28H,1-2H3. The fourth-order valence-electron chi connectivity index (χ4n) is 3.83. The van der Waals surface area contributed by atoms with Crippen LogP contribution in [0.4, 0.5) is 15.8 Å². The molecule has 3 heterocycles. The third-order valence-electron chi connectivity index (χ3n) is 5.28. The molecule has 1 amide bonds. The van der Waals surface area contributed by atoms with E-state index < -0.39 is 12.0 Å². The van der Waals surface area contributed by atoms with Gasteiger partial charge in [-0.15, -0.1) is 22.7 Å². The molecule has 31 heavy (non-hydrogen) atoms. The minimum atomic E-state index is -0.457. The van der Waals surface area contributed by atoms with E-state index in [9.17, 15) is 14.3 Å². The van der Waals surface area contributed by atoms with Crippen LogP contribution in [-0.4, -0.2) is 23.0 Å². The molecule has 1 atom stereocenters. The van der Waals surface area contributed by atoms with Gasteiger partial charge in [0.05, 0.1) is 26.8 Å². The Labute approximate surface area is 186 Å². The lowest BCUT2D eigenvalue weighted by Gasteiger charge is -2.43. The van der Waals surface area contributed by atoms with Crippen molar-refractivity contribution in [2.24, 2.45) is 0 Å². The average Bonchev–Trinajstić information content (AvgIpc) is 3.40. The summed E-state index contributed by atoms with van der Waals surface area (Å²) < 4.78 is 14.0. The predicted molar refractivity (Wildman–Crippen MR) is 123 cm³/mol. The van der Waals surface area contributed by atoms with E-state index in [0.29, 0.717) is 16.9 Å². The molecule has 1 N–H and O–H groups in total. The highest BCUT2D eigenvalue weighted by Gasteiger charge is 2.39.